The monoisotopic (exact) mass is 419 g/mol. The zero-order valence-electron chi connectivity index (χ0n) is 17.9. The summed E-state index contributed by atoms with van der Waals surface area (Å²) in [5, 5.41) is 5.69. The van der Waals surface area contributed by atoms with Gasteiger partial charge in [0.2, 0.25) is 5.91 Å². The fourth-order valence-electron chi connectivity index (χ4n) is 3.29. The van der Waals surface area contributed by atoms with Crippen LogP contribution in [0, 0.1) is 5.82 Å². The fraction of sp³-hybridized carbons (Fsp3) is 0.240. The molecule has 0 radical (unpaired) electrons. The molecular weight excluding hydrogens is 393 g/mol. The number of nitrogens with one attached hydrogen (secondary N) is 2. The molecule has 1 heterocycles. The Morgan fingerprint density at radius 3 is 2.29 bits per heavy atom. The molecule has 6 heteroatoms. The molecule has 0 unspecified atom stereocenters. The van der Waals surface area contributed by atoms with Crippen LogP contribution in [0.4, 0.5) is 4.39 Å². The van der Waals surface area contributed by atoms with E-state index in [0.717, 1.165) is 16.7 Å². The molecule has 5 nitrogen and oxygen atoms in total. The smallest absolute Gasteiger partial charge is 0.251 e. The minimum atomic E-state index is -0.710. The standard InChI is InChI=1S/C25H26FN3O2/c1-17(23(30)29-25(2,3)15-18-6-12-22(26)13-7-18)28-24(31)20-10-8-19(9-11-20)21-5-4-14-27-16-21/h4-14,16-17H,15H2,1-3H3,(H,28,31)(H,29,30)/t17-/m0/s1. The second-order valence-corrected chi connectivity index (χ2v) is 8.19. The van der Waals surface area contributed by atoms with Gasteiger partial charge < -0.3 is 10.6 Å². The minimum Gasteiger partial charge on any atom is -0.349 e. The van der Waals surface area contributed by atoms with Crippen molar-refractivity contribution in [3.05, 3.63) is 90.0 Å². The van der Waals surface area contributed by atoms with Gasteiger partial charge in [-0.05, 0) is 74.2 Å². The summed E-state index contributed by atoms with van der Waals surface area (Å²) in [6.45, 7) is 5.42. The molecular formula is C25H26FN3O2. The molecule has 2 aromatic carbocycles. The molecule has 1 atom stereocenters. The van der Waals surface area contributed by atoms with Gasteiger partial charge in [-0.3, -0.25) is 14.6 Å². The molecule has 0 saturated carbocycles. The van der Waals surface area contributed by atoms with Gasteiger partial charge in [0, 0.05) is 23.5 Å². The maximum Gasteiger partial charge on any atom is 0.251 e. The van der Waals surface area contributed by atoms with E-state index in [0.29, 0.717) is 12.0 Å². The lowest BCUT2D eigenvalue weighted by molar-refractivity contribution is -0.124. The van der Waals surface area contributed by atoms with E-state index in [-0.39, 0.29) is 17.6 Å². The van der Waals surface area contributed by atoms with Crippen LogP contribution in [0.5, 0.6) is 0 Å². The Kier molecular flexibility index (Phi) is 6.80. The molecule has 0 spiro atoms. The van der Waals surface area contributed by atoms with Gasteiger partial charge in [-0.1, -0.05) is 30.3 Å². The summed E-state index contributed by atoms with van der Waals surface area (Å²) in [6.07, 6.45) is 4.00. The average molecular weight is 420 g/mol. The molecule has 0 saturated heterocycles. The van der Waals surface area contributed by atoms with E-state index >= 15 is 0 Å². The average Bonchev–Trinajstić information content (AvgIpc) is 2.75. The molecule has 2 N–H and O–H groups in total. The quantitative estimate of drug-likeness (QED) is 0.605. The summed E-state index contributed by atoms with van der Waals surface area (Å²) < 4.78 is 13.1. The number of halogens is 1. The topological polar surface area (TPSA) is 71.1 Å². The summed E-state index contributed by atoms with van der Waals surface area (Å²) in [5.74, 6) is -0.903. The number of carbonyl (C=O) groups is 2. The van der Waals surface area contributed by atoms with Gasteiger partial charge >= 0.3 is 0 Å². The van der Waals surface area contributed by atoms with Crippen LogP contribution in [-0.4, -0.2) is 28.4 Å². The van der Waals surface area contributed by atoms with Crippen molar-refractivity contribution in [3.63, 3.8) is 0 Å². The number of pyridine rings is 1. The van der Waals surface area contributed by atoms with E-state index in [1.54, 1.807) is 43.6 Å². The predicted molar refractivity (Wildman–Crippen MR) is 119 cm³/mol. The predicted octanol–water partition coefficient (Wildman–Crippen LogP) is 4.14. The van der Waals surface area contributed by atoms with Gasteiger partial charge in [0.15, 0.2) is 0 Å². The van der Waals surface area contributed by atoms with Crippen molar-refractivity contribution in [1.29, 1.82) is 0 Å². The normalized spacial score (nSPS) is 12.1. The van der Waals surface area contributed by atoms with Crippen LogP contribution in [0.3, 0.4) is 0 Å². The highest BCUT2D eigenvalue weighted by Crippen LogP contribution is 2.18. The minimum absolute atomic E-state index is 0.285. The Morgan fingerprint density at radius 1 is 1.00 bits per heavy atom. The second kappa shape index (κ2) is 9.51. The number of rotatable bonds is 7. The number of aromatic nitrogens is 1. The third-order valence-corrected chi connectivity index (χ3v) is 4.90. The number of benzene rings is 2. The van der Waals surface area contributed by atoms with Gasteiger partial charge in [0.1, 0.15) is 11.9 Å². The highest BCUT2D eigenvalue weighted by Gasteiger charge is 2.25. The van der Waals surface area contributed by atoms with Crippen molar-refractivity contribution in [2.24, 2.45) is 0 Å². The SMILES string of the molecule is C[C@H](NC(=O)c1ccc(-c2cccnc2)cc1)C(=O)NC(C)(C)Cc1ccc(F)cc1. The van der Waals surface area contributed by atoms with E-state index in [1.807, 2.05) is 38.1 Å². The molecule has 0 bridgehead atoms. The van der Waals surface area contributed by atoms with Crippen LogP contribution in [0.2, 0.25) is 0 Å². The summed E-state index contributed by atoms with van der Waals surface area (Å²) in [4.78, 5) is 29.3. The van der Waals surface area contributed by atoms with Crippen LogP contribution in [0.25, 0.3) is 11.1 Å². The second-order valence-electron chi connectivity index (χ2n) is 8.19. The molecule has 2 amide bonds. The van der Waals surface area contributed by atoms with Crippen molar-refractivity contribution >= 4 is 11.8 Å². The lowest BCUT2D eigenvalue weighted by Crippen LogP contribution is -2.53. The zero-order valence-corrected chi connectivity index (χ0v) is 17.9. The number of hydrogen-bond donors (Lipinski definition) is 2. The first-order valence-corrected chi connectivity index (χ1v) is 10.1. The first-order chi connectivity index (χ1) is 14.7. The first kappa shape index (κ1) is 22.2. The Hall–Kier alpha value is -3.54. The molecule has 31 heavy (non-hydrogen) atoms. The van der Waals surface area contributed by atoms with Crippen molar-refractivity contribution in [2.45, 2.75) is 38.8 Å². The highest BCUT2D eigenvalue weighted by atomic mass is 19.1. The molecule has 3 rings (SSSR count). The number of nitrogens with zero attached hydrogens (tertiary/aromatic N) is 1. The largest absolute Gasteiger partial charge is 0.349 e. The summed E-state index contributed by atoms with van der Waals surface area (Å²) in [7, 11) is 0. The van der Waals surface area contributed by atoms with E-state index in [2.05, 4.69) is 15.6 Å². The van der Waals surface area contributed by atoms with Crippen LogP contribution in [0.1, 0.15) is 36.7 Å². The first-order valence-electron chi connectivity index (χ1n) is 10.1. The number of carbonyl (C=O) groups excluding carboxylic acids is 2. The highest BCUT2D eigenvalue weighted by molar-refractivity contribution is 5.97. The van der Waals surface area contributed by atoms with Gasteiger partial charge in [-0.25, -0.2) is 4.39 Å². The number of amides is 2. The van der Waals surface area contributed by atoms with E-state index in [1.165, 1.54) is 12.1 Å². The van der Waals surface area contributed by atoms with Gasteiger partial charge in [0.25, 0.3) is 5.91 Å². The fourth-order valence-corrected chi connectivity index (χ4v) is 3.29. The molecule has 1 aromatic heterocycles. The van der Waals surface area contributed by atoms with Crippen molar-refractivity contribution in [3.8, 4) is 11.1 Å². The summed E-state index contributed by atoms with van der Waals surface area (Å²) >= 11 is 0. The molecule has 0 aliphatic heterocycles. The van der Waals surface area contributed by atoms with Crippen molar-refractivity contribution in [1.82, 2.24) is 15.6 Å². The van der Waals surface area contributed by atoms with Gasteiger partial charge in [0.05, 0.1) is 0 Å². The van der Waals surface area contributed by atoms with E-state index in [4.69, 9.17) is 0 Å². The Balaban J connectivity index is 1.57. The van der Waals surface area contributed by atoms with E-state index in [9.17, 15) is 14.0 Å². The van der Waals surface area contributed by atoms with Crippen LogP contribution in [0.15, 0.2) is 73.1 Å². The zero-order chi connectivity index (χ0) is 22.4. The summed E-state index contributed by atoms with van der Waals surface area (Å²) in [5.41, 5.74) is 2.75. The van der Waals surface area contributed by atoms with Crippen molar-refractivity contribution < 1.29 is 14.0 Å². The van der Waals surface area contributed by atoms with Gasteiger partial charge in [-0.2, -0.15) is 0 Å². The molecule has 0 fully saturated rings. The maximum atomic E-state index is 13.1. The number of hydrogen-bond acceptors (Lipinski definition) is 3. The lowest BCUT2D eigenvalue weighted by atomic mass is 9.94. The summed E-state index contributed by atoms with van der Waals surface area (Å²) in [6, 6.07) is 16.4. The molecule has 3 aromatic rings. The van der Waals surface area contributed by atoms with Crippen molar-refractivity contribution in [2.75, 3.05) is 0 Å². The Bertz CT molecular complexity index is 1030. The Morgan fingerprint density at radius 2 is 1.68 bits per heavy atom. The third kappa shape index (κ3) is 6.22. The van der Waals surface area contributed by atoms with E-state index < -0.39 is 11.6 Å². The molecule has 0 aliphatic carbocycles. The molecule has 160 valence electrons. The lowest BCUT2D eigenvalue weighted by Gasteiger charge is -2.28. The third-order valence-electron chi connectivity index (χ3n) is 4.90. The Labute approximate surface area is 181 Å². The molecule has 0 aliphatic rings. The van der Waals surface area contributed by atoms with Crippen LogP contribution < -0.4 is 10.6 Å². The maximum absolute atomic E-state index is 13.1. The van der Waals surface area contributed by atoms with Crippen LogP contribution in [-0.2, 0) is 11.2 Å². The van der Waals surface area contributed by atoms with Gasteiger partial charge in [-0.15, -0.1) is 0 Å². The van der Waals surface area contributed by atoms with Crippen LogP contribution >= 0.6 is 0 Å².